The largest absolute Gasteiger partial charge is 0.212 e. The molecule has 1 aliphatic carbocycles. The summed E-state index contributed by atoms with van der Waals surface area (Å²) in [6.07, 6.45) is 6.34. The molecule has 0 saturated carbocycles. The van der Waals surface area contributed by atoms with Gasteiger partial charge in [0, 0.05) is 6.42 Å². The van der Waals surface area contributed by atoms with E-state index in [9.17, 15) is 4.39 Å². The van der Waals surface area contributed by atoms with E-state index < -0.39 is 0 Å². The molecule has 11 heavy (non-hydrogen) atoms. The summed E-state index contributed by atoms with van der Waals surface area (Å²) in [6.45, 7) is 4.23. The van der Waals surface area contributed by atoms with Crippen LogP contribution >= 0.6 is 0 Å². The van der Waals surface area contributed by atoms with Crippen LogP contribution in [0.2, 0.25) is 0 Å². The Morgan fingerprint density at radius 2 is 2.27 bits per heavy atom. The van der Waals surface area contributed by atoms with Gasteiger partial charge in [0.05, 0.1) is 0 Å². The van der Waals surface area contributed by atoms with Crippen LogP contribution in [0.5, 0.6) is 0 Å². The molecule has 1 aliphatic rings. The summed E-state index contributed by atoms with van der Waals surface area (Å²) >= 11 is 0. The van der Waals surface area contributed by atoms with Gasteiger partial charge in [0.1, 0.15) is 5.83 Å². The first-order chi connectivity index (χ1) is 5.20. The average molecular weight is 154 g/mol. The molecule has 0 heterocycles. The smallest absolute Gasteiger partial charge is 0.103 e. The predicted molar refractivity (Wildman–Crippen MR) is 46.0 cm³/mol. The molecule has 0 N–H and O–H groups in total. The Hall–Kier alpha value is -0.590. The van der Waals surface area contributed by atoms with Crippen molar-refractivity contribution in [3.8, 4) is 0 Å². The van der Waals surface area contributed by atoms with E-state index in [0.717, 1.165) is 18.4 Å². The highest BCUT2D eigenvalue weighted by molar-refractivity contribution is 5.25. The monoisotopic (exact) mass is 154 g/mol. The van der Waals surface area contributed by atoms with Crippen molar-refractivity contribution in [1.82, 2.24) is 0 Å². The molecule has 0 aromatic heterocycles. The summed E-state index contributed by atoms with van der Waals surface area (Å²) in [4.78, 5) is 0. The Balaban J connectivity index is 2.60. The fourth-order valence-corrected chi connectivity index (χ4v) is 1.31. The number of halogens is 1. The van der Waals surface area contributed by atoms with Crippen LogP contribution in [0, 0.1) is 5.92 Å². The van der Waals surface area contributed by atoms with Gasteiger partial charge in [-0.2, -0.15) is 0 Å². The van der Waals surface area contributed by atoms with Crippen LogP contribution < -0.4 is 0 Å². The minimum Gasteiger partial charge on any atom is -0.212 e. The lowest BCUT2D eigenvalue weighted by Crippen LogP contribution is -1.95. The van der Waals surface area contributed by atoms with Gasteiger partial charge in [-0.05, 0) is 24.3 Å². The third-order valence-electron chi connectivity index (χ3n) is 1.83. The van der Waals surface area contributed by atoms with Crippen molar-refractivity contribution >= 4 is 0 Å². The maximum Gasteiger partial charge on any atom is 0.103 e. The Kier molecular flexibility index (Phi) is 2.86. The van der Waals surface area contributed by atoms with E-state index >= 15 is 0 Å². The Morgan fingerprint density at radius 1 is 1.55 bits per heavy atom. The van der Waals surface area contributed by atoms with Gasteiger partial charge < -0.3 is 0 Å². The molecule has 0 spiro atoms. The molecule has 62 valence electrons. The minimum atomic E-state index is 0.0983. The molecule has 0 aromatic rings. The molecule has 0 unspecified atom stereocenters. The van der Waals surface area contributed by atoms with E-state index in [4.69, 9.17) is 0 Å². The van der Waals surface area contributed by atoms with Crippen molar-refractivity contribution in [2.75, 3.05) is 0 Å². The molecule has 0 aliphatic heterocycles. The van der Waals surface area contributed by atoms with Crippen LogP contribution in [0.3, 0.4) is 0 Å². The second-order valence-corrected chi connectivity index (χ2v) is 3.47. The normalized spacial score (nSPS) is 18.2. The van der Waals surface area contributed by atoms with Gasteiger partial charge in [-0.3, -0.25) is 0 Å². The first-order valence-corrected chi connectivity index (χ1v) is 4.24. The fourth-order valence-electron chi connectivity index (χ4n) is 1.31. The van der Waals surface area contributed by atoms with Crippen molar-refractivity contribution in [1.29, 1.82) is 0 Å². The Morgan fingerprint density at radius 3 is 2.82 bits per heavy atom. The standard InChI is InChI=1S/C10H15F/c1-8(2)7-9-5-3-4-6-10(9)11/h3,5,8H,4,6-7H2,1-2H3. The Bertz CT molecular complexity index is 187. The third kappa shape index (κ3) is 2.49. The maximum atomic E-state index is 13.0. The van der Waals surface area contributed by atoms with Crippen molar-refractivity contribution in [3.05, 3.63) is 23.6 Å². The lowest BCUT2D eigenvalue weighted by atomic mass is 9.97. The fraction of sp³-hybridized carbons (Fsp3) is 0.600. The quantitative estimate of drug-likeness (QED) is 0.570. The average Bonchev–Trinajstić information content (AvgIpc) is 1.93. The zero-order valence-corrected chi connectivity index (χ0v) is 7.23. The van der Waals surface area contributed by atoms with E-state index in [0.29, 0.717) is 12.3 Å². The highest BCUT2D eigenvalue weighted by Gasteiger charge is 2.08. The topological polar surface area (TPSA) is 0 Å². The van der Waals surface area contributed by atoms with E-state index in [1.807, 2.05) is 6.08 Å². The summed E-state index contributed by atoms with van der Waals surface area (Å²) in [7, 11) is 0. The SMILES string of the molecule is CC(C)CC1=C(F)CCC=C1. The molecule has 0 nitrogen and oxygen atoms in total. The van der Waals surface area contributed by atoms with Crippen LogP contribution in [-0.2, 0) is 0 Å². The zero-order chi connectivity index (χ0) is 8.27. The van der Waals surface area contributed by atoms with E-state index in [2.05, 4.69) is 19.9 Å². The highest BCUT2D eigenvalue weighted by Crippen LogP contribution is 2.24. The number of hydrogen-bond acceptors (Lipinski definition) is 0. The second kappa shape index (κ2) is 3.70. The second-order valence-electron chi connectivity index (χ2n) is 3.47. The molecule has 0 radical (unpaired) electrons. The van der Waals surface area contributed by atoms with Gasteiger partial charge in [0.25, 0.3) is 0 Å². The molecule has 0 fully saturated rings. The van der Waals surface area contributed by atoms with Crippen molar-refractivity contribution in [3.63, 3.8) is 0 Å². The van der Waals surface area contributed by atoms with Crippen LogP contribution in [-0.4, -0.2) is 0 Å². The zero-order valence-electron chi connectivity index (χ0n) is 7.23. The molecule has 0 amide bonds. The van der Waals surface area contributed by atoms with Crippen LogP contribution in [0.25, 0.3) is 0 Å². The summed E-state index contributed by atoms with van der Waals surface area (Å²) in [5, 5.41) is 0. The first kappa shape index (κ1) is 8.51. The van der Waals surface area contributed by atoms with Crippen molar-refractivity contribution in [2.24, 2.45) is 5.92 Å². The molecular formula is C10H15F. The van der Waals surface area contributed by atoms with Gasteiger partial charge in [-0.25, -0.2) is 4.39 Å². The van der Waals surface area contributed by atoms with E-state index in [1.54, 1.807) is 0 Å². The third-order valence-corrected chi connectivity index (χ3v) is 1.83. The van der Waals surface area contributed by atoms with Gasteiger partial charge in [0.15, 0.2) is 0 Å². The molecule has 0 saturated heterocycles. The number of rotatable bonds is 2. The predicted octanol–water partition coefficient (Wildman–Crippen LogP) is 3.61. The summed E-state index contributed by atoms with van der Waals surface area (Å²) < 4.78 is 13.0. The molecule has 0 aromatic carbocycles. The van der Waals surface area contributed by atoms with Crippen molar-refractivity contribution < 1.29 is 4.39 Å². The van der Waals surface area contributed by atoms with Gasteiger partial charge in [-0.15, -0.1) is 0 Å². The van der Waals surface area contributed by atoms with E-state index in [1.165, 1.54) is 0 Å². The summed E-state index contributed by atoms with van der Waals surface area (Å²) in [6, 6.07) is 0. The lowest BCUT2D eigenvalue weighted by Gasteiger charge is -2.11. The summed E-state index contributed by atoms with van der Waals surface area (Å²) in [5.74, 6) is 0.653. The van der Waals surface area contributed by atoms with Crippen LogP contribution in [0.1, 0.15) is 33.1 Å². The highest BCUT2D eigenvalue weighted by atomic mass is 19.1. The van der Waals surface area contributed by atoms with Crippen LogP contribution in [0.15, 0.2) is 23.6 Å². The first-order valence-electron chi connectivity index (χ1n) is 4.24. The Labute approximate surface area is 67.8 Å². The van der Waals surface area contributed by atoms with E-state index in [-0.39, 0.29) is 5.83 Å². The lowest BCUT2D eigenvalue weighted by molar-refractivity contribution is 0.550. The van der Waals surface area contributed by atoms with Crippen molar-refractivity contribution in [2.45, 2.75) is 33.1 Å². The molecule has 1 rings (SSSR count). The molecule has 0 atom stereocenters. The number of allylic oxidation sites excluding steroid dienone is 4. The molecule has 1 heteroatoms. The molecular weight excluding hydrogens is 139 g/mol. The van der Waals surface area contributed by atoms with Crippen LogP contribution in [0.4, 0.5) is 4.39 Å². The summed E-state index contributed by atoms with van der Waals surface area (Å²) in [5.41, 5.74) is 0.909. The molecule has 0 bridgehead atoms. The van der Waals surface area contributed by atoms with Gasteiger partial charge in [0.2, 0.25) is 0 Å². The minimum absolute atomic E-state index is 0.0983. The number of hydrogen-bond donors (Lipinski definition) is 0. The van der Waals surface area contributed by atoms with Gasteiger partial charge >= 0.3 is 0 Å². The van der Waals surface area contributed by atoms with Gasteiger partial charge in [-0.1, -0.05) is 26.0 Å². The maximum absolute atomic E-state index is 13.0.